The molecule has 0 aromatic heterocycles. The summed E-state index contributed by atoms with van der Waals surface area (Å²) in [6, 6.07) is 6.06. The molecular weight excluding hydrogens is 249 g/mol. The standard InChI is InChI=1S/C10H11BrFNO/c11-4-5-13-10(14)7-8-2-1-3-9(12)6-8/h1-3,6H,4-5,7H2,(H,13,14). The molecule has 0 spiro atoms. The minimum absolute atomic E-state index is 0.0879. The van der Waals surface area contributed by atoms with Gasteiger partial charge in [0.15, 0.2) is 0 Å². The van der Waals surface area contributed by atoms with Crippen LogP contribution in [0.3, 0.4) is 0 Å². The lowest BCUT2D eigenvalue weighted by atomic mass is 10.1. The van der Waals surface area contributed by atoms with E-state index in [0.717, 1.165) is 5.33 Å². The third kappa shape index (κ3) is 3.87. The number of nitrogens with one attached hydrogen (secondary N) is 1. The largest absolute Gasteiger partial charge is 0.355 e. The van der Waals surface area contributed by atoms with Crippen molar-refractivity contribution in [1.82, 2.24) is 5.32 Å². The van der Waals surface area contributed by atoms with Crippen LogP contribution in [-0.2, 0) is 11.2 Å². The smallest absolute Gasteiger partial charge is 0.224 e. The van der Waals surface area contributed by atoms with E-state index in [2.05, 4.69) is 21.2 Å². The second-order valence-corrected chi connectivity index (χ2v) is 3.64. The molecule has 0 bridgehead atoms. The van der Waals surface area contributed by atoms with E-state index < -0.39 is 0 Å². The van der Waals surface area contributed by atoms with Gasteiger partial charge in [-0.3, -0.25) is 4.79 Å². The Hall–Kier alpha value is -0.900. The van der Waals surface area contributed by atoms with E-state index >= 15 is 0 Å². The van der Waals surface area contributed by atoms with Gasteiger partial charge in [0.2, 0.25) is 5.91 Å². The quantitative estimate of drug-likeness (QED) is 0.823. The Balaban J connectivity index is 2.47. The second-order valence-electron chi connectivity index (χ2n) is 2.85. The predicted molar refractivity (Wildman–Crippen MR) is 56.9 cm³/mol. The topological polar surface area (TPSA) is 29.1 Å². The average Bonchev–Trinajstić information content (AvgIpc) is 2.15. The molecule has 1 rings (SSSR count). The number of benzene rings is 1. The summed E-state index contributed by atoms with van der Waals surface area (Å²) in [6.45, 7) is 0.591. The number of alkyl halides is 1. The molecule has 0 aliphatic rings. The van der Waals surface area contributed by atoms with Crippen LogP contribution in [0.15, 0.2) is 24.3 Å². The number of carbonyl (C=O) groups is 1. The van der Waals surface area contributed by atoms with E-state index in [4.69, 9.17) is 0 Å². The molecular formula is C10H11BrFNO. The number of carbonyl (C=O) groups excluding carboxylic acids is 1. The fourth-order valence-electron chi connectivity index (χ4n) is 1.08. The van der Waals surface area contributed by atoms with Crippen LogP contribution in [0.1, 0.15) is 5.56 Å². The number of amides is 1. The first-order chi connectivity index (χ1) is 6.72. The Bertz CT molecular complexity index is 317. The van der Waals surface area contributed by atoms with Crippen LogP contribution in [0.25, 0.3) is 0 Å². The number of hydrogen-bond acceptors (Lipinski definition) is 1. The van der Waals surface area contributed by atoms with Crippen molar-refractivity contribution in [2.24, 2.45) is 0 Å². The van der Waals surface area contributed by atoms with Crippen LogP contribution >= 0.6 is 15.9 Å². The van der Waals surface area contributed by atoms with Gasteiger partial charge in [0.05, 0.1) is 6.42 Å². The SMILES string of the molecule is O=C(Cc1cccc(F)c1)NCCBr. The number of hydrogen-bond donors (Lipinski definition) is 1. The van der Waals surface area contributed by atoms with Gasteiger partial charge in [-0.1, -0.05) is 28.1 Å². The summed E-state index contributed by atoms with van der Waals surface area (Å²) in [6.07, 6.45) is 0.227. The first-order valence-corrected chi connectivity index (χ1v) is 5.41. The highest BCUT2D eigenvalue weighted by atomic mass is 79.9. The number of halogens is 2. The van der Waals surface area contributed by atoms with E-state index in [1.54, 1.807) is 12.1 Å². The highest BCUT2D eigenvalue weighted by Crippen LogP contribution is 2.03. The molecule has 0 saturated heterocycles. The Morgan fingerprint density at radius 3 is 2.93 bits per heavy atom. The lowest BCUT2D eigenvalue weighted by Crippen LogP contribution is -2.26. The molecule has 0 atom stereocenters. The summed E-state index contributed by atoms with van der Waals surface area (Å²) in [7, 11) is 0. The highest BCUT2D eigenvalue weighted by molar-refractivity contribution is 9.09. The summed E-state index contributed by atoms with van der Waals surface area (Å²) in [5.74, 6) is -0.397. The maximum atomic E-state index is 12.7. The molecule has 0 radical (unpaired) electrons. The van der Waals surface area contributed by atoms with Crippen LogP contribution in [0.5, 0.6) is 0 Å². The zero-order valence-corrected chi connectivity index (χ0v) is 9.18. The van der Waals surface area contributed by atoms with E-state index in [9.17, 15) is 9.18 Å². The summed E-state index contributed by atoms with van der Waals surface area (Å²) in [4.78, 5) is 11.2. The first kappa shape index (κ1) is 11.2. The van der Waals surface area contributed by atoms with Crippen molar-refractivity contribution in [3.05, 3.63) is 35.6 Å². The van der Waals surface area contributed by atoms with Gasteiger partial charge in [0.25, 0.3) is 0 Å². The zero-order chi connectivity index (χ0) is 10.4. The summed E-state index contributed by atoms with van der Waals surface area (Å²) >= 11 is 3.20. The van der Waals surface area contributed by atoms with Gasteiger partial charge >= 0.3 is 0 Å². The lowest BCUT2D eigenvalue weighted by Gasteiger charge is -2.02. The van der Waals surface area contributed by atoms with E-state index in [0.29, 0.717) is 12.1 Å². The van der Waals surface area contributed by atoms with E-state index in [1.165, 1.54) is 12.1 Å². The fraction of sp³-hybridized carbons (Fsp3) is 0.300. The molecule has 76 valence electrons. The first-order valence-electron chi connectivity index (χ1n) is 4.29. The number of rotatable bonds is 4. The lowest BCUT2D eigenvalue weighted by molar-refractivity contribution is -0.120. The molecule has 1 amide bonds. The third-order valence-corrected chi connectivity index (χ3v) is 2.07. The Morgan fingerprint density at radius 1 is 1.50 bits per heavy atom. The van der Waals surface area contributed by atoms with Gasteiger partial charge in [0, 0.05) is 11.9 Å². The molecule has 0 aliphatic carbocycles. The Labute approximate surface area is 90.6 Å². The normalized spacial score (nSPS) is 9.86. The van der Waals surface area contributed by atoms with Gasteiger partial charge in [-0.15, -0.1) is 0 Å². The monoisotopic (exact) mass is 259 g/mol. The third-order valence-electron chi connectivity index (χ3n) is 1.67. The molecule has 2 nitrogen and oxygen atoms in total. The van der Waals surface area contributed by atoms with Crippen LogP contribution in [0.2, 0.25) is 0 Å². The van der Waals surface area contributed by atoms with E-state index in [-0.39, 0.29) is 18.1 Å². The van der Waals surface area contributed by atoms with Crippen LogP contribution in [-0.4, -0.2) is 17.8 Å². The maximum Gasteiger partial charge on any atom is 0.224 e. The molecule has 4 heteroatoms. The minimum atomic E-state index is -0.309. The molecule has 1 aromatic rings. The zero-order valence-electron chi connectivity index (χ0n) is 7.59. The van der Waals surface area contributed by atoms with Crippen LogP contribution in [0.4, 0.5) is 4.39 Å². The molecule has 0 heterocycles. The van der Waals surface area contributed by atoms with Crippen molar-refractivity contribution in [3.63, 3.8) is 0 Å². The Morgan fingerprint density at radius 2 is 2.29 bits per heavy atom. The van der Waals surface area contributed by atoms with Crippen molar-refractivity contribution >= 4 is 21.8 Å². The summed E-state index contributed by atoms with van der Waals surface area (Å²) in [5, 5.41) is 3.42. The molecule has 0 saturated carbocycles. The average molecular weight is 260 g/mol. The van der Waals surface area contributed by atoms with E-state index in [1.807, 2.05) is 0 Å². The van der Waals surface area contributed by atoms with Crippen LogP contribution in [0, 0.1) is 5.82 Å². The van der Waals surface area contributed by atoms with Gasteiger partial charge in [-0.05, 0) is 17.7 Å². The van der Waals surface area contributed by atoms with Crippen molar-refractivity contribution in [2.45, 2.75) is 6.42 Å². The summed E-state index contributed by atoms with van der Waals surface area (Å²) < 4.78 is 12.7. The molecule has 0 unspecified atom stereocenters. The molecule has 14 heavy (non-hydrogen) atoms. The second kappa shape index (κ2) is 5.75. The van der Waals surface area contributed by atoms with Gasteiger partial charge in [-0.2, -0.15) is 0 Å². The van der Waals surface area contributed by atoms with Crippen molar-refractivity contribution in [2.75, 3.05) is 11.9 Å². The molecule has 1 aromatic carbocycles. The fourth-order valence-corrected chi connectivity index (χ4v) is 1.28. The highest BCUT2D eigenvalue weighted by Gasteiger charge is 2.02. The van der Waals surface area contributed by atoms with Crippen molar-refractivity contribution in [3.8, 4) is 0 Å². The Kier molecular flexibility index (Phi) is 4.59. The predicted octanol–water partition coefficient (Wildman–Crippen LogP) is 1.88. The maximum absolute atomic E-state index is 12.7. The molecule has 0 fully saturated rings. The van der Waals surface area contributed by atoms with Crippen molar-refractivity contribution in [1.29, 1.82) is 0 Å². The molecule has 0 aliphatic heterocycles. The van der Waals surface area contributed by atoms with Gasteiger partial charge < -0.3 is 5.32 Å². The van der Waals surface area contributed by atoms with Crippen molar-refractivity contribution < 1.29 is 9.18 Å². The van der Waals surface area contributed by atoms with Gasteiger partial charge in [0.1, 0.15) is 5.82 Å². The van der Waals surface area contributed by atoms with Gasteiger partial charge in [-0.25, -0.2) is 4.39 Å². The molecule has 1 N–H and O–H groups in total. The van der Waals surface area contributed by atoms with Crippen LogP contribution < -0.4 is 5.32 Å². The summed E-state index contributed by atoms with van der Waals surface area (Å²) in [5.41, 5.74) is 0.692. The minimum Gasteiger partial charge on any atom is -0.355 e.